The zero-order valence-electron chi connectivity index (χ0n) is 10.9. The van der Waals surface area contributed by atoms with E-state index >= 15 is 0 Å². The molecule has 0 bridgehead atoms. The smallest absolute Gasteiger partial charge is 0.0672 e. The van der Waals surface area contributed by atoms with Crippen molar-refractivity contribution in [1.82, 2.24) is 4.98 Å². The summed E-state index contributed by atoms with van der Waals surface area (Å²) in [6.07, 6.45) is 1.17. The second kappa shape index (κ2) is 4.45. The average molecular weight is 238 g/mol. The lowest BCUT2D eigenvalue weighted by atomic mass is 9.95. The van der Waals surface area contributed by atoms with Crippen LogP contribution in [-0.4, -0.2) is 11.5 Å². The van der Waals surface area contributed by atoms with Crippen molar-refractivity contribution in [2.45, 2.75) is 26.2 Å². The molecule has 0 aliphatic carbocycles. The molecule has 0 saturated carbocycles. The first-order chi connectivity index (χ1) is 8.75. The van der Waals surface area contributed by atoms with Gasteiger partial charge in [-0.2, -0.15) is 0 Å². The Hall–Kier alpha value is -1.83. The summed E-state index contributed by atoms with van der Waals surface area (Å²) in [5.41, 5.74) is 4.88. The fourth-order valence-electron chi connectivity index (χ4n) is 2.62. The summed E-state index contributed by atoms with van der Waals surface area (Å²) in [7, 11) is 0. The summed E-state index contributed by atoms with van der Waals surface area (Å²) in [4.78, 5) is 7.11. The molecule has 0 spiro atoms. The van der Waals surface area contributed by atoms with Crippen LogP contribution >= 0.6 is 0 Å². The van der Waals surface area contributed by atoms with Gasteiger partial charge in [0.2, 0.25) is 0 Å². The van der Waals surface area contributed by atoms with Crippen LogP contribution in [0.4, 0.5) is 11.4 Å². The maximum absolute atomic E-state index is 4.73. The van der Waals surface area contributed by atoms with Crippen LogP contribution in [0.3, 0.4) is 0 Å². The maximum Gasteiger partial charge on any atom is 0.0672 e. The van der Waals surface area contributed by atoms with Crippen molar-refractivity contribution < 1.29 is 0 Å². The van der Waals surface area contributed by atoms with E-state index in [-0.39, 0.29) is 0 Å². The maximum atomic E-state index is 4.73. The third-order valence-electron chi connectivity index (χ3n) is 3.65. The normalized spacial score (nSPS) is 18.6. The minimum atomic E-state index is 0.555. The number of para-hydroxylation sites is 1. The van der Waals surface area contributed by atoms with Gasteiger partial charge in [0.1, 0.15) is 0 Å². The van der Waals surface area contributed by atoms with Crippen LogP contribution in [0.2, 0.25) is 0 Å². The lowest BCUT2D eigenvalue weighted by molar-refractivity contribution is 0.628. The molecule has 0 amide bonds. The highest BCUT2D eigenvalue weighted by Crippen LogP contribution is 2.37. The number of aromatic nitrogens is 1. The molecule has 0 saturated heterocycles. The second-order valence-electron chi connectivity index (χ2n) is 5.03. The number of hydrogen-bond donors (Lipinski definition) is 0. The van der Waals surface area contributed by atoms with E-state index in [1.165, 1.54) is 23.5 Å². The van der Waals surface area contributed by atoms with Crippen LogP contribution in [0.1, 0.15) is 30.7 Å². The summed E-state index contributed by atoms with van der Waals surface area (Å²) >= 11 is 0. The summed E-state index contributed by atoms with van der Waals surface area (Å²) in [5, 5.41) is 0. The highest BCUT2D eigenvalue weighted by Gasteiger charge is 2.24. The molecule has 1 unspecified atom stereocenters. The van der Waals surface area contributed by atoms with E-state index in [0.717, 1.165) is 12.2 Å². The highest BCUT2D eigenvalue weighted by molar-refractivity contribution is 5.67. The topological polar surface area (TPSA) is 16.1 Å². The molecule has 0 fully saturated rings. The van der Waals surface area contributed by atoms with Gasteiger partial charge in [0.05, 0.1) is 11.4 Å². The summed E-state index contributed by atoms with van der Waals surface area (Å²) in [5.74, 6) is 0.555. The van der Waals surface area contributed by atoms with Crippen LogP contribution in [0, 0.1) is 6.92 Å². The van der Waals surface area contributed by atoms with Crippen molar-refractivity contribution >= 4 is 11.4 Å². The quantitative estimate of drug-likeness (QED) is 0.745. The van der Waals surface area contributed by atoms with Gasteiger partial charge in [-0.3, -0.25) is 4.98 Å². The monoisotopic (exact) mass is 238 g/mol. The predicted octanol–water partition coefficient (Wildman–Crippen LogP) is 4.04. The molecular weight excluding hydrogens is 220 g/mol. The third-order valence-corrected chi connectivity index (χ3v) is 3.65. The van der Waals surface area contributed by atoms with Gasteiger partial charge >= 0.3 is 0 Å². The first-order valence-electron chi connectivity index (χ1n) is 6.56. The molecular formula is C16H18N2. The fourth-order valence-corrected chi connectivity index (χ4v) is 2.62. The molecule has 2 heteroatoms. The van der Waals surface area contributed by atoms with Crippen LogP contribution in [0.5, 0.6) is 0 Å². The number of nitrogens with zero attached hydrogens (tertiary/aromatic N) is 2. The van der Waals surface area contributed by atoms with Crippen molar-refractivity contribution in [2.75, 3.05) is 11.4 Å². The molecule has 2 aromatic rings. The Kier molecular flexibility index (Phi) is 2.78. The van der Waals surface area contributed by atoms with Gasteiger partial charge in [0.25, 0.3) is 0 Å². The number of aryl methyl sites for hydroxylation is 1. The summed E-state index contributed by atoms with van der Waals surface area (Å²) < 4.78 is 0. The molecule has 1 aromatic carbocycles. The minimum Gasteiger partial charge on any atom is -0.340 e. The van der Waals surface area contributed by atoms with Gasteiger partial charge < -0.3 is 4.90 Å². The SMILES string of the molecule is Cc1ccc2c(n1)C(C)CCN2c1ccccc1. The Bertz CT molecular complexity index is 548. The molecule has 2 heterocycles. The van der Waals surface area contributed by atoms with Gasteiger partial charge in [-0.15, -0.1) is 0 Å². The largest absolute Gasteiger partial charge is 0.340 e. The van der Waals surface area contributed by atoms with Gasteiger partial charge in [0.15, 0.2) is 0 Å². The summed E-state index contributed by atoms with van der Waals surface area (Å²) in [6.45, 7) is 5.41. The Balaban J connectivity index is 2.08. The van der Waals surface area contributed by atoms with Crippen molar-refractivity contribution in [3.8, 4) is 0 Å². The van der Waals surface area contributed by atoms with Gasteiger partial charge in [-0.1, -0.05) is 25.1 Å². The Labute approximate surface area is 108 Å². The third kappa shape index (κ3) is 1.88. The number of benzene rings is 1. The van der Waals surface area contributed by atoms with E-state index in [2.05, 4.69) is 61.2 Å². The average Bonchev–Trinajstić information content (AvgIpc) is 2.41. The molecule has 1 aliphatic heterocycles. The zero-order chi connectivity index (χ0) is 12.5. The van der Waals surface area contributed by atoms with E-state index in [9.17, 15) is 0 Å². The van der Waals surface area contributed by atoms with Crippen LogP contribution in [0.15, 0.2) is 42.5 Å². The Morgan fingerprint density at radius 1 is 1.11 bits per heavy atom. The van der Waals surface area contributed by atoms with Gasteiger partial charge in [-0.05, 0) is 37.6 Å². The lowest BCUT2D eigenvalue weighted by Gasteiger charge is -2.33. The zero-order valence-corrected chi connectivity index (χ0v) is 10.9. The molecule has 1 atom stereocenters. The number of pyridine rings is 1. The van der Waals surface area contributed by atoms with Crippen molar-refractivity contribution in [3.63, 3.8) is 0 Å². The molecule has 92 valence electrons. The molecule has 2 nitrogen and oxygen atoms in total. The van der Waals surface area contributed by atoms with Crippen LogP contribution in [-0.2, 0) is 0 Å². The Morgan fingerprint density at radius 2 is 1.89 bits per heavy atom. The summed E-state index contributed by atoms with van der Waals surface area (Å²) in [6, 6.07) is 14.9. The standard InChI is InChI=1S/C16H18N2/c1-12-10-11-18(14-6-4-3-5-7-14)15-9-8-13(2)17-16(12)15/h3-9,12H,10-11H2,1-2H3. The first kappa shape index (κ1) is 11.3. The van der Waals surface area contributed by atoms with Gasteiger partial charge in [0, 0.05) is 23.8 Å². The van der Waals surface area contributed by atoms with Crippen molar-refractivity contribution in [1.29, 1.82) is 0 Å². The van der Waals surface area contributed by atoms with Gasteiger partial charge in [-0.25, -0.2) is 0 Å². The molecule has 3 rings (SSSR count). The van der Waals surface area contributed by atoms with E-state index in [4.69, 9.17) is 4.98 Å². The minimum absolute atomic E-state index is 0.555. The predicted molar refractivity (Wildman–Crippen MR) is 75.5 cm³/mol. The lowest BCUT2D eigenvalue weighted by Crippen LogP contribution is -2.27. The number of anilines is 2. The molecule has 0 N–H and O–H groups in total. The van der Waals surface area contributed by atoms with Crippen molar-refractivity contribution in [3.05, 3.63) is 53.9 Å². The molecule has 1 aromatic heterocycles. The number of rotatable bonds is 1. The van der Waals surface area contributed by atoms with Crippen molar-refractivity contribution in [2.24, 2.45) is 0 Å². The molecule has 1 aliphatic rings. The van der Waals surface area contributed by atoms with Crippen LogP contribution < -0.4 is 4.90 Å². The highest BCUT2D eigenvalue weighted by atomic mass is 15.2. The molecule has 0 radical (unpaired) electrons. The van der Waals surface area contributed by atoms with E-state index in [0.29, 0.717) is 5.92 Å². The van der Waals surface area contributed by atoms with Crippen LogP contribution in [0.25, 0.3) is 0 Å². The first-order valence-corrected chi connectivity index (χ1v) is 6.56. The fraction of sp³-hybridized carbons (Fsp3) is 0.312. The Morgan fingerprint density at radius 3 is 2.67 bits per heavy atom. The van der Waals surface area contributed by atoms with E-state index < -0.39 is 0 Å². The van der Waals surface area contributed by atoms with E-state index in [1.54, 1.807) is 0 Å². The van der Waals surface area contributed by atoms with E-state index in [1.807, 2.05) is 0 Å². The number of fused-ring (bicyclic) bond motifs is 1. The molecule has 18 heavy (non-hydrogen) atoms. The second-order valence-corrected chi connectivity index (χ2v) is 5.03. The number of hydrogen-bond acceptors (Lipinski definition) is 2.